The van der Waals surface area contributed by atoms with Crippen molar-refractivity contribution in [3.05, 3.63) is 23.5 Å². The van der Waals surface area contributed by atoms with E-state index in [1.165, 1.54) is 5.69 Å². The number of rotatable bonds is 5. The molecule has 4 heteroatoms. The summed E-state index contributed by atoms with van der Waals surface area (Å²) in [6.07, 6.45) is 0.734. The molecule has 0 saturated heterocycles. The van der Waals surface area contributed by atoms with Crippen molar-refractivity contribution in [2.24, 2.45) is 18.7 Å². The minimum Gasteiger partial charge on any atom is -0.350 e. The van der Waals surface area contributed by atoms with E-state index < -0.39 is 0 Å². The van der Waals surface area contributed by atoms with Crippen molar-refractivity contribution in [2.45, 2.75) is 26.8 Å². The number of nitrogens with two attached hydrogens (primary N) is 1. The Hall–Kier alpha value is -1.29. The molecule has 0 aliphatic rings. The maximum Gasteiger partial charge on any atom is 0.223 e. The van der Waals surface area contributed by atoms with Crippen LogP contribution in [0.3, 0.4) is 0 Å². The van der Waals surface area contributed by atoms with Gasteiger partial charge in [0, 0.05) is 24.4 Å². The van der Waals surface area contributed by atoms with Gasteiger partial charge in [0.05, 0.1) is 6.54 Å². The zero-order valence-electron chi connectivity index (χ0n) is 10.3. The summed E-state index contributed by atoms with van der Waals surface area (Å²) in [5, 5.41) is 2.92. The Balaban J connectivity index is 2.46. The molecule has 0 aliphatic heterocycles. The van der Waals surface area contributed by atoms with Gasteiger partial charge in [0.1, 0.15) is 0 Å². The van der Waals surface area contributed by atoms with E-state index in [2.05, 4.69) is 9.88 Å². The molecule has 1 rings (SSSR count). The second kappa shape index (κ2) is 5.70. The summed E-state index contributed by atoms with van der Waals surface area (Å²) >= 11 is 0. The van der Waals surface area contributed by atoms with Gasteiger partial charge in [-0.15, -0.1) is 0 Å². The highest BCUT2D eigenvalue weighted by Gasteiger charge is 2.11. The molecule has 4 nitrogen and oxygen atoms in total. The monoisotopic (exact) mass is 223 g/mol. The van der Waals surface area contributed by atoms with Crippen LogP contribution < -0.4 is 11.1 Å². The zero-order valence-corrected chi connectivity index (χ0v) is 10.3. The van der Waals surface area contributed by atoms with Crippen LogP contribution in [0.15, 0.2) is 12.1 Å². The largest absolute Gasteiger partial charge is 0.350 e. The van der Waals surface area contributed by atoms with Gasteiger partial charge in [-0.2, -0.15) is 0 Å². The molecule has 0 aromatic carbocycles. The summed E-state index contributed by atoms with van der Waals surface area (Å²) in [6, 6.07) is 4.08. The third-order valence-corrected chi connectivity index (χ3v) is 2.97. The van der Waals surface area contributed by atoms with Crippen molar-refractivity contribution in [3.8, 4) is 0 Å². The van der Waals surface area contributed by atoms with Gasteiger partial charge in [-0.05, 0) is 32.0 Å². The van der Waals surface area contributed by atoms with E-state index in [-0.39, 0.29) is 11.8 Å². The third-order valence-electron chi connectivity index (χ3n) is 2.97. The van der Waals surface area contributed by atoms with Crippen LogP contribution in [-0.2, 0) is 18.4 Å². The van der Waals surface area contributed by atoms with Crippen LogP contribution in [0.5, 0.6) is 0 Å². The Labute approximate surface area is 96.8 Å². The van der Waals surface area contributed by atoms with Crippen molar-refractivity contribution in [1.29, 1.82) is 0 Å². The summed E-state index contributed by atoms with van der Waals surface area (Å²) in [4.78, 5) is 11.6. The van der Waals surface area contributed by atoms with Crippen molar-refractivity contribution < 1.29 is 4.79 Å². The number of hydrogen-bond donors (Lipinski definition) is 2. The Bertz CT molecular complexity index is 357. The standard InChI is InChI=1S/C12H21N3O/c1-9(6-7-13)12(16)14-8-11-5-4-10(2)15(11)3/h4-5,9H,6-8,13H2,1-3H3,(H,14,16). The molecule has 0 radical (unpaired) electrons. The first-order valence-electron chi connectivity index (χ1n) is 5.65. The van der Waals surface area contributed by atoms with Gasteiger partial charge in [0.25, 0.3) is 0 Å². The van der Waals surface area contributed by atoms with Crippen molar-refractivity contribution in [2.75, 3.05) is 6.54 Å². The maximum absolute atomic E-state index is 11.6. The minimum atomic E-state index is -0.00800. The first-order valence-corrected chi connectivity index (χ1v) is 5.65. The van der Waals surface area contributed by atoms with Crippen LogP contribution in [0.25, 0.3) is 0 Å². The summed E-state index contributed by atoms with van der Waals surface area (Å²) in [5.74, 6) is 0.0654. The van der Waals surface area contributed by atoms with Crippen LogP contribution in [0, 0.1) is 12.8 Å². The Morgan fingerprint density at radius 2 is 2.25 bits per heavy atom. The lowest BCUT2D eigenvalue weighted by Crippen LogP contribution is -2.30. The van der Waals surface area contributed by atoms with E-state index >= 15 is 0 Å². The van der Waals surface area contributed by atoms with Gasteiger partial charge < -0.3 is 15.6 Å². The number of carbonyl (C=O) groups is 1. The molecule has 1 aromatic rings. The molecule has 0 aliphatic carbocycles. The Morgan fingerprint density at radius 1 is 1.56 bits per heavy atom. The SMILES string of the molecule is Cc1ccc(CNC(=O)C(C)CCN)n1C. The van der Waals surface area contributed by atoms with E-state index in [1.807, 2.05) is 33.0 Å². The normalized spacial score (nSPS) is 12.5. The molecule has 0 saturated carbocycles. The van der Waals surface area contributed by atoms with Crippen LogP contribution in [-0.4, -0.2) is 17.0 Å². The molecule has 16 heavy (non-hydrogen) atoms. The van der Waals surface area contributed by atoms with E-state index in [1.54, 1.807) is 0 Å². The predicted molar refractivity (Wildman–Crippen MR) is 64.8 cm³/mol. The third kappa shape index (κ3) is 3.10. The molecule has 90 valence electrons. The molecule has 1 atom stereocenters. The summed E-state index contributed by atoms with van der Waals surface area (Å²) in [6.45, 7) is 5.08. The van der Waals surface area contributed by atoms with Gasteiger partial charge in [0.15, 0.2) is 0 Å². The fourth-order valence-electron chi connectivity index (χ4n) is 1.58. The molecule has 1 amide bonds. The highest BCUT2D eigenvalue weighted by atomic mass is 16.1. The van der Waals surface area contributed by atoms with E-state index in [4.69, 9.17) is 5.73 Å². The smallest absolute Gasteiger partial charge is 0.223 e. The first-order chi connectivity index (χ1) is 7.56. The van der Waals surface area contributed by atoms with Crippen LogP contribution >= 0.6 is 0 Å². The van der Waals surface area contributed by atoms with E-state index in [0.717, 1.165) is 12.1 Å². The lowest BCUT2D eigenvalue weighted by molar-refractivity contribution is -0.124. The van der Waals surface area contributed by atoms with Gasteiger partial charge in [-0.1, -0.05) is 6.92 Å². The van der Waals surface area contributed by atoms with E-state index in [0.29, 0.717) is 13.1 Å². The Kier molecular flexibility index (Phi) is 4.55. The summed E-state index contributed by atoms with van der Waals surface area (Å²) in [5.41, 5.74) is 7.73. The zero-order chi connectivity index (χ0) is 12.1. The maximum atomic E-state index is 11.6. The van der Waals surface area contributed by atoms with Crippen LogP contribution in [0.1, 0.15) is 24.7 Å². The van der Waals surface area contributed by atoms with Gasteiger partial charge in [-0.3, -0.25) is 4.79 Å². The van der Waals surface area contributed by atoms with Gasteiger partial charge >= 0.3 is 0 Å². The molecule has 1 heterocycles. The quantitative estimate of drug-likeness (QED) is 0.780. The predicted octanol–water partition coefficient (Wildman–Crippen LogP) is 0.935. The molecular formula is C12H21N3O. The fourth-order valence-corrected chi connectivity index (χ4v) is 1.58. The summed E-state index contributed by atoms with van der Waals surface area (Å²) < 4.78 is 2.08. The summed E-state index contributed by atoms with van der Waals surface area (Å²) in [7, 11) is 2.00. The Morgan fingerprint density at radius 3 is 2.75 bits per heavy atom. The first kappa shape index (κ1) is 12.8. The molecule has 0 bridgehead atoms. The van der Waals surface area contributed by atoms with Gasteiger partial charge in [0.2, 0.25) is 5.91 Å². The second-order valence-corrected chi connectivity index (χ2v) is 4.22. The van der Waals surface area contributed by atoms with Gasteiger partial charge in [-0.25, -0.2) is 0 Å². The molecular weight excluding hydrogens is 202 g/mol. The lowest BCUT2D eigenvalue weighted by atomic mass is 10.1. The fraction of sp³-hybridized carbons (Fsp3) is 0.583. The number of aromatic nitrogens is 1. The number of nitrogens with one attached hydrogen (secondary N) is 1. The molecule has 0 spiro atoms. The van der Waals surface area contributed by atoms with Crippen LogP contribution in [0.2, 0.25) is 0 Å². The lowest BCUT2D eigenvalue weighted by Gasteiger charge is -2.11. The number of amides is 1. The van der Waals surface area contributed by atoms with Crippen molar-refractivity contribution >= 4 is 5.91 Å². The van der Waals surface area contributed by atoms with Crippen LogP contribution in [0.4, 0.5) is 0 Å². The number of hydrogen-bond acceptors (Lipinski definition) is 2. The van der Waals surface area contributed by atoms with E-state index in [9.17, 15) is 4.79 Å². The molecule has 1 unspecified atom stereocenters. The molecule has 0 fully saturated rings. The average Bonchev–Trinajstić information content (AvgIpc) is 2.57. The highest BCUT2D eigenvalue weighted by molar-refractivity contribution is 5.78. The highest BCUT2D eigenvalue weighted by Crippen LogP contribution is 2.06. The molecule has 3 N–H and O–H groups in total. The molecule has 1 aromatic heterocycles. The topological polar surface area (TPSA) is 60.1 Å². The number of aryl methyl sites for hydroxylation is 1. The minimum absolute atomic E-state index is 0.00800. The second-order valence-electron chi connectivity index (χ2n) is 4.22. The van der Waals surface area contributed by atoms with Crippen molar-refractivity contribution in [3.63, 3.8) is 0 Å². The number of carbonyl (C=O) groups excluding carboxylic acids is 1. The van der Waals surface area contributed by atoms with Crippen molar-refractivity contribution in [1.82, 2.24) is 9.88 Å². The number of nitrogens with zero attached hydrogens (tertiary/aromatic N) is 1. The average molecular weight is 223 g/mol.